The Morgan fingerprint density at radius 2 is 1.63 bits per heavy atom. The van der Waals surface area contributed by atoms with E-state index in [1.807, 2.05) is 4.90 Å². The highest BCUT2D eigenvalue weighted by molar-refractivity contribution is 5.44. The second-order valence-corrected chi connectivity index (χ2v) is 7.93. The Morgan fingerprint density at radius 3 is 2.15 bits per heavy atom. The summed E-state index contributed by atoms with van der Waals surface area (Å²) in [4.78, 5) is 5.73. The number of anilines is 1. The van der Waals surface area contributed by atoms with Gasteiger partial charge in [-0.2, -0.15) is 0 Å². The molecule has 1 aliphatic carbocycles. The third-order valence-electron chi connectivity index (χ3n) is 6.19. The zero-order chi connectivity index (χ0) is 19.6. The lowest BCUT2D eigenvalue weighted by atomic mass is 9.65. The predicted octanol–water partition coefficient (Wildman–Crippen LogP) is 4.43. The van der Waals surface area contributed by atoms with Crippen molar-refractivity contribution in [1.82, 2.24) is 4.98 Å². The molecule has 1 aromatic heterocycles. The molecule has 2 fully saturated rings. The van der Waals surface area contributed by atoms with Gasteiger partial charge in [0.25, 0.3) is 12.9 Å². The summed E-state index contributed by atoms with van der Waals surface area (Å²) in [6.45, 7) is 1.21. The number of aliphatic hydroxyl groups is 2. The molecular weight excluding hydrogens is 364 g/mol. The van der Waals surface area contributed by atoms with Gasteiger partial charge < -0.3 is 15.1 Å². The quantitative estimate of drug-likeness (QED) is 0.577. The number of aliphatic hydroxyl groups excluding tert-OH is 1. The molecule has 4 nitrogen and oxygen atoms in total. The molecule has 0 unspecified atom stereocenters. The monoisotopic (exact) mass is 390 g/mol. The van der Waals surface area contributed by atoms with Gasteiger partial charge in [-0.25, -0.2) is 22.5 Å². The molecule has 1 spiro atoms. The summed E-state index contributed by atoms with van der Waals surface area (Å²) in [5.74, 6) is 0.529. The van der Waals surface area contributed by atoms with Crippen LogP contribution in [0.3, 0.4) is 0 Å². The maximum absolute atomic E-state index is 13.0. The summed E-state index contributed by atoms with van der Waals surface area (Å²) in [5.41, 5.74) is -0.843. The fraction of sp³-hybridized carbons (Fsp3) is 0.737. The minimum atomic E-state index is -2.88. The summed E-state index contributed by atoms with van der Waals surface area (Å²) in [6.07, 6.45) is -0.897. The van der Waals surface area contributed by atoms with Crippen molar-refractivity contribution in [2.75, 3.05) is 18.0 Å². The van der Waals surface area contributed by atoms with Gasteiger partial charge in [-0.15, -0.1) is 0 Å². The number of hydrogen-bond donors (Lipinski definition) is 2. The second kappa shape index (κ2) is 8.31. The zero-order valence-electron chi connectivity index (χ0n) is 15.1. The first kappa shape index (κ1) is 20.3. The topological polar surface area (TPSA) is 56.6 Å². The number of alkyl halides is 4. The van der Waals surface area contributed by atoms with E-state index in [-0.39, 0.29) is 11.2 Å². The van der Waals surface area contributed by atoms with Gasteiger partial charge in [0.15, 0.2) is 6.29 Å². The van der Waals surface area contributed by atoms with E-state index in [9.17, 15) is 17.6 Å². The fourth-order valence-corrected chi connectivity index (χ4v) is 4.49. The van der Waals surface area contributed by atoms with Crippen molar-refractivity contribution in [3.8, 4) is 0 Å². The van der Waals surface area contributed by atoms with Crippen LogP contribution in [0.2, 0.25) is 0 Å². The molecule has 1 aliphatic heterocycles. The lowest BCUT2D eigenvalue weighted by molar-refractivity contribution is -0.0633. The van der Waals surface area contributed by atoms with Crippen LogP contribution in [0.25, 0.3) is 0 Å². The van der Waals surface area contributed by atoms with Gasteiger partial charge in [-0.05, 0) is 62.0 Å². The Bertz CT molecular complexity index is 598. The summed E-state index contributed by atoms with van der Waals surface area (Å²) in [6, 6.07) is 2.00. The number of halogens is 4. The number of pyridine rings is 1. The zero-order valence-corrected chi connectivity index (χ0v) is 15.1. The number of aromatic nitrogens is 1. The minimum Gasteiger partial charge on any atom is -0.368 e. The molecular formula is C19H26F4N2O2. The van der Waals surface area contributed by atoms with E-state index in [1.54, 1.807) is 0 Å². The van der Waals surface area contributed by atoms with Crippen LogP contribution < -0.4 is 4.90 Å². The summed E-state index contributed by atoms with van der Waals surface area (Å²) in [5, 5.41) is 18.3. The van der Waals surface area contributed by atoms with E-state index in [4.69, 9.17) is 10.2 Å². The SMILES string of the molecule is OC(O)CC1CCC2(CC1)CCN(c1cc(C(F)F)cc(C(F)F)n1)CC2. The van der Waals surface area contributed by atoms with Gasteiger partial charge in [-0.1, -0.05) is 0 Å². The molecule has 2 aliphatic rings. The van der Waals surface area contributed by atoms with Crippen LogP contribution in [0, 0.1) is 11.3 Å². The Balaban J connectivity index is 1.64. The maximum Gasteiger partial charge on any atom is 0.280 e. The average Bonchev–Trinajstić information content (AvgIpc) is 2.63. The van der Waals surface area contributed by atoms with Gasteiger partial charge >= 0.3 is 0 Å². The lowest BCUT2D eigenvalue weighted by Gasteiger charge is -2.46. The Kier molecular flexibility index (Phi) is 6.25. The molecule has 0 radical (unpaired) electrons. The first-order valence-electron chi connectivity index (χ1n) is 9.47. The maximum atomic E-state index is 13.0. The second-order valence-electron chi connectivity index (χ2n) is 7.93. The van der Waals surface area contributed by atoms with Crippen LogP contribution in [0.5, 0.6) is 0 Å². The third-order valence-corrected chi connectivity index (χ3v) is 6.19. The lowest BCUT2D eigenvalue weighted by Crippen LogP contribution is -2.42. The largest absolute Gasteiger partial charge is 0.368 e. The Hall–Kier alpha value is -1.41. The molecule has 8 heteroatoms. The van der Waals surface area contributed by atoms with E-state index in [1.165, 1.54) is 6.07 Å². The molecule has 27 heavy (non-hydrogen) atoms. The van der Waals surface area contributed by atoms with Crippen LogP contribution in [0.4, 0.5) is 23.4 Å². The van der Waals surface area contributed by atoms with Crippen molar-refractivity contribution >= 4 is 5.82 Å². The van der Waals surface area contributed by atoms with Crippen molar-refractivity contribution < 1.29 is 27.8 Å². The standard InChI is InChI=1S/C19H26F4N2O2/c20-17(21)13-10-14(18(22)23)24-15(11-13)25-7-5-19(6-8-25)3-1-12(2-4-19)9-16(26)27/h10-12,16-18,26-27H,1-9H2. The van der Waals surface area contributed by atoms with E-state index in [2.05, 4.69) is 4.98 Å². The molecule has 3 rings (SSSR count). The van der Waals surface area contributed by atoms with Gasteiger partial charge in [-0.3, -0.25) is 0 Å². The molecule has 2 heterocycles. The number of nitrogens with zero attached hydrogens (tertiary/aromatic N) is 2. The smallest absolute Gasteiger partial charge is 0.280 e. The third kappa shape index (κ3) is 4.90. The predicted molar refractivity (Wildman–Crippen MR) is 92.8 cm³/mol. The van der Waals surface area contributed by atoms with Gasteiger partial charge in [0.1, 0.15) is 11.5 Å². The van der Waals surface area contributed by atoms with Gasteiger partial charge in [0.05, 0.1) is 0 Å². The highest BCUT2D eigenvalue weighted by atomic mass is 19.3. The molecule has 0 atom stereocenters. The van der Waals surface area contributed by atoms with Crippen LogP contribution in [-0.4, -0.2) is 34.6 Å². The fourth-order valence-electron chi connectivity index (χ4n) is 4.49. The Labute approximate surface area is 156 Å². The van der Waals surface area contributed by atoms with Crippen LogP contribution in [0.15, 0.2) is 12.1 Å². The van der Waals surface area contributed by atoms with Crippen molar-refractivity contribution in [1.29, 1.82) is 0 Å². The summed E-state index contributed by atoms with van der Waals surface area (Å²) >= 11 is 0. The van der Waals surface area contributed by atoms with Crippen LogP contribution in [0.1, 0.15) is 69.1 Å². The average molecular weight is 390 g/mol. The summed E-state index contributed by atoms with van der Waals surface area (Å²) in [7, 11) is 0. The van der Waals surface area contributed by atoms with E-state index in [0.29, 0.717) is 25.4 Å². The van der Waals surface area contributed by atoms with Gasteiger partial charge in [0.2, 0.25) is 0 Å². The van der Waals surface area contributed by atoms with Crippen molar-refractivity contribution in [2.24, 2.45) is 11.3 Å². The summed E-state index contributed by atoms with van der Waals surface area (Å²) < 4.78 is 52.1. The molecule has 0 bridgehead atoms. The Morgan fingerprint density at radius 1 is 1.00 bits per heavy atom. The van der Waals surface area contributed by atoms with Gasteiger partial charge in [0, 0.05) is 25.1 Å². The molecule has 1 aromatic rings. The normalized spacial score (nSPS) is 21.0. The van der Waals surface area contributed by atoms with Crippen molar-refractivity contribution in [2.45, 2.75) is 64.1 Å². The molecule has 0 amide bonds. The van der Waals surface area contributed by atoms with Crippen molar-refractivity contribution in [3.63, 3.8) is 0 Å². The van der Waals surface area contributed by atoms with Crippen LogP contribution in [-0.2, 0) is 0 Å². The van der Waals surface area contributed by atoms with E-state index >= 15 is 0 Å². The highest BCUT2D eigenvalue weighted by Crippen LogP contribution is 2.47. The van der Waals surface area contributed by atoms with Crippen LogP contribution >= 0.6 is 0 Å². The highest BCUT2D eigenvalue weighted by Gasteiger charge is 2.38. The number of piperidine rings is 1. The number of hydrogen-bond acceptors (Lipinski definition) is 4. The van der Waals surface area contributed by atoms with E-state index in [0.717, 1.165) is 44.6 Å². The molecule has 2 N–H and O–H groups in total. The molecule has 152 valence electrons. The first-order chi connectivity index (χ1) is 12.8. The first-order valence-corrected chi connectivity index (χ1v) is 9.47. The number of rotatable bonds is 5. The van der Waals surface area contributed by atoms with E-state index < -0.39 is 30.4 Å². The molecule has 1 saturated heterocycles. The minimum absolute atomic E-state index is 0.180. The molecule has 1 saturated carbocycles. The van der Waals surface area contributed by atoms with Crippen molar-refractivity contribution in [3.05, 3.63) is 23.4 Å². The molecule has 0 aromatic carbocycles.